The molecule has 0 aliphatic carbocycles. The van der Waals surface area contributed by atoms with Crippen LogP contribution in [0.2, 0.25) is 5.02 Å². The van der Waals surface area contributed by atoms with Gasteiger partial charge in [-0.2, -0.15) is 5.10 Å². The molecule has 3 saturated heterocycles. The molecule has 170 valence electrons. The number of benzene rings is 1. The number of carbonyl (C=O) groups is 1. The van der Waals surface area contributed by atoms with Crippen molar-refractivity contribution in [1.29, 1.82) is 0 Å². The molecular weight excluding hydrogens is 442 g/mol. The number of nitrogens with one attached hydrogen (secondary N) is 1. The number of rotatable bonds is 4. The molecule has 3 aromatic rings. The SMILES string of the molecule is O=C1NCC2(CCN(c3c(Cl)cncc3-c3ccc(-c4cnn(C5COC5)c4)cc3)CC2)O1. The highest BCUT2D eigenvalue weighted by molar-refractivity contribution is 6.33. The van der Waals surface area contributed by atoms with Crippen molar-refractivity contribution in [3.8, 4) is 22.3 Å². The summed E-state index contributed by atoms with van der Waals surface area (Å²) in [4.78, 5) is 18.2. The summed E-state index contributed by atoms with van der Waals surface area (Å²) in [6.45, 7) is 3.53. The normalized spacial score (nSPS) is 19.9. The van der Waals surface area contributed by atoms with E-state index in [4.69, 9.17) is 21.1 Å². The van der Waals surface area contributed by atoms with Crippen molar-refractivity contribution in [2.45, 2.75) is 24.5 Å². The first-order chi connectivity index (χ1) is 16.1. The lowest BCUT2D eigenvalue weighted by Crippen LogP contribution is -2.46. The molecule has 9 heteroatoms. The Bertz CT molecular complexity index is 1180. The van der Waals surface area contributed by atoms with Crippen LogP contribution in [-0.4, -0.2) is 59.3 Å². The molecule has 1 N–H and O–H groups in total. The first-order valence-corrected chi connectivity index (χ1v) is 11.6. The van der Waals surface area contributed by atoms with E-state index in [0.717, 1.165) is 67.1 Å². The summed E-state index contributed by atoms with van der Waals surface area (Å²) in [5, 5.41) is 7.90. The highest BCUT2D eigenvalue weighted by Crippen LogP contribution is 2.40. The highest BCUT2D eigenvalue weighted by Gasteiger charge is 2.43. The first-order valence-electron chi connectivity index (χ1n) is 11.2. The summed E-state index contributed by atoms with van der Waals surface area (Å²) in [5.74, 6) is 0. The van der Waals surface area contributed by atoms with Gasteiger partial charge in [0.25, 0.3) is 0 Å². The summed E-state index contributed by atoms with van der Waals surface area (Å²) in [6, 6.07) is 8.75. The van der Waals surface area contributed by atoms with Crippen LogP contribution < -0.4 is 10.2 Å². The van der Waals surface area contributed by atoms with Crippen LogP contribution in [0.5, 0.6) is 0 Å². The van der Waals surface area contributed by atoms with Crippen LogP contribution in [0.1, 0.15) is 18.9 Å². The molecule has 3 aliphatic rings. The quantitative estimate of drug-likeness (QED) is 0.629. The van der Waals surface area contributed by atoms with Crippen LogP contribution >= 0.6 is 11.6 Å². The van der Waals surface area contributed by atoms with Crippen LogP contribution in [0.25, 0.3) is 22.3 Å². The van der Waals surface area contributed by atoms with E-state index in [1.165, 1.54) is 0 Å². The minimum atomic E-state index is -0.398. The van der Waals surface area contributed by atoms with Crippen molar-refractivity contribution >= 4 is 23.4 Å². The number of alkyl carbamates (subject to hydrolysis) is 1. The predicted molar refractivity (Wildman–Crippen MR) is 124 cm³/mol. The largest absolute Gasteiger partial charge is 0.441 e. The lowest BCUT2D eigenvalue weighted by Gasteiger charge is -2.39. The average molecular weight is 466 g/mol. The number of piperidine rings is 1. The fourth-order valence-electron chi connectivity index (χ4n) is 4.78. The lowest BCUT2D eigenvalue weighted by molar-refractivity contribution is -0.0286. The van der Waals surface area contributed by atoms with Gasteiger partial charge in [0.1, 0.15) is 5.60 Å². The maximum atomic E-state index is 11.6. The van der Waals surface area contributed by atoms with Crippen molar-refractivity contribution < 1.29 is 14.3 Å². The zero-order valence-corrected chi connectivity index (χ0v) is 18.8. The molecule has 0 unspecified atom stereocenters. The Morgan fingerprint density at radius 1 is 1.03 bits per heavy atom. The second-order valence-electron chi connectivity index (χ2n) is 8.91. The van der Waals surface area contributed by atoms with Crippen molar-refractivity contribution in [2.24, 2.45) is 0 Å². The fourth-order valence-corrected chi connectivity index (χ4v) is 5.06. The molecular formula is C24H24ClN5O3. The van der Waals surface area contributed by atoms with Gasteiger partial charge in [-0.1, -0.05) is 35.9 Å². The third kappa shape index (κ3) is 3.73. The van der Waals surface area contributed by atoms with E-state index < -0.39 is 5.60 Å². The molecule has 2 aromatic heterocycles. The Labute approximate surface area is 196 Å². The Morgan fingerprint density at radius 2 is 1.79 bits per heavy atom. The third-order valence-corrected chi connectivity index (χ3v) is 7.13. The standard InChI is InChI=1S/C24H24ClN5O3/c25-21-11-26-10-20(22(21)29-7-5-24(6-8-29)15-27-23(31)33-24)17-3-1-16(2-4-17)18-9-28-30(12-18)19-13-32-14-19/h1-4,9-12,19H,5-8,13-15H2,(H,27,31). The smallest absolute Gasteiger partial charge is 0.407 e. The van der Waals surface area contributed by atoms with Crippen molar-refractivity contribution in [1.82, 2.24) is 20.1 Å². The van der Waals surface area contributed by atoms with E-state index in [-0.39, 0.29) is 6.09 Å². The van der Waals surface area contributed by atoms with Gasteiger partial charge in [0.15, 0.2) is 0 Å². The molecule has 33 heavy (non-hydrogen) atoms. The summed E-state index contributed by atoms with van der Waals surface area (Å²) >= 11 is 6.64. The number of amides is 1. The van der Waals surface area contributed by atoms with Gasteiger partial charge in [-0.05, 0) is 11.1 Å². The Morgan fingerprint density at radius 3 is 2.45 bits per heavy atom. The summed E-state index contributed by atoms with van der Waals surface area (Å²) < 4.78 is 12.8. The van der Waals surface area contributed by atoms with Crippen molar-refractivity contribution in [3.63, 3.8) is 0 Å². The number of nitrogens with zero attached hydrogens (tertiary/aromatic N) is 4. The summed E-state index contributed by atoms with van der Waals surface area (Å²) in [6.07, 6.45) is 8.73. The highest BCUT2D eigenvalue weighted by atomic mass is 35.5. The maximum absolute atomic E-state index is 11.6. The summed E-state index contributed by atoms with van der Waals surface area (Å²) in [5.41, 5.74) is 4.82. The Hall–Kier alpha value is -3.10. The van der Waals surface area contributed by atoms with Gasteiger partial charge in [0.05, 0.1) is 42.7 Å². The Balaban J connectivity index is 1.24. The topological polar surface area (TPSA) is 81.5 Å². The van der Waals surface area contributed by atoms with E-state index in [0.29, 0.717) is 17.6 Å². The van der Waals surface area contributed by atoms with Gasteiger partial charge in [0, 0.05) is 55.6 Å². The molecule has 5 heterocycles. The number of pyridine rings is 1. The van der Waals surface area contributed by atoms with E-state index in [1.807, 2.05) is 17.1 Å². The van der Waals surface area contributed by atoms with Crippen molar-refractivity contribution in [3.05, 3.63) is 54.1 Å². The maximum Gasteiger partial charge on any atom is 0.407 e. The second kappa shape index (κ2) is 8.04. The minimum Gasteiger partial charge on any atom is -0.441 e. The monoisotopic (exact) mass is 465 g/mol. The van der Waals surface area contributed by atoms with Gasteiger partial charge in [-0.3, -0.25) is 9.67 Å². The molecule has 1 spiro atoms. The molecule has 1 aromatic carbocycles. The summed E-state index contributed by atoms with van der Waals surface area (Å²) in [7, 11) is 0. The predicted octanol–water partition coefficient (Wildman–Crippen LogP) is 3.92. The fraction of sp³-hybridized carbons (Fsp3) is 0.375. The van der Waals surface area contributed by atoms with Crippen LogP contribution in [0, 0.1) is 0 Å². The van der Waals surface area contributed by atoms with E-state index in [2.05, 4.69) is 50.8 Å². The van der Waals surface area contributed by atoms with Crippen molar-refractivity contribution in [2.75, 3.05) is 37.7 Å². The van der Waals surface area contributed by atoms with Gasteiger partial charge in [-0.15, -0.1) is 0 Å². The zero-order chi connectivity index (χ0) is 22.4. The number of anilines is 1. The Kier molecular flexibility index (Phi) is 4.99. The van der Waals surface area contributed by atoms with Gasteiger partial charge >= 0.3 is 6.09 Å². The first kappa shape index (κ1) is 20.5. The lowest BCUT2D eigenvalue weighted by atomic mass is 9.91. The number of hydrogen-bond acceptors (Lipinski definition) is 6. The molecule has 3 aliphatic heterocycles. The van der Waals surface area contributed by atoms with Gasteiger partial charge in [-0.25, -0.2) is 4.79 Å². The average Bonchev–Trinajstić information content (AvgIpc) is 3.41. The molecule has 0 radical (unpaired) electrons. The van der Waals surface area contributed by atoms with Crippen LogP contribution in [0.3, 0.4) is 0 Å². The molecule has 0 atom stereocenters. The molecule has 6 rings (SSSR count). The van der Waals surface area contributed by atoms with Crippen LogP contribution in [0.15, 0.2) is 49.1 Å². The minimum absolute atomic E-state index is 0.322. The zero-order valence-electron chi connectivity index (χ0n) is 18.0. The number of carbonyl (C=O) groups excluding carboxylic acids is 1. The van der Waals surface area contributed by atoms with Crippen LogP contribution in [0.4, 0.5) is 10.5 Å². The van der Waals surface area contributed by atoms with Gasteiger partial charge < -0.3 is 19.7 Å². The molecule has 1 amide bonds. The molecule has 3 fully saturated rings. The molecule has 8 nitrogen and oxygen atoms in total. The van der Waals surface area contributed by atoms with Crippen LogP contribution in [-0.2, 0) is 9.47 Å². The number of halogens is 1. The molecule has 0 bridgehead atoms. The number of ether oxygens (including phenoxy) is 2. The van der Waals surface area contributed by atoms with E-state index >= 15 is 0 Å². The third-order valence-electron chi connectivity index (χ3n) is 6.85. The molecule has 0 saturated carbocycles. The van der Waals surface area contributed by atoms with E-state index in [1.54, 1.807) is 6.20 Å². The van der Waals surface area contributed by atoms with Gasteiger partial charge in [0.2, 0.25) is 0 Å². The number of hydrogen-bond donors (Lipinski definition) is 1. The second-order valence-corrected chi connectivity index (χ2v) is 9.32. The number of aromatic nitrogens is 3. The van der Waals surface area contributed by atoms with E-state index in [9.17, 15) is 4.79 Å².